The van der Waals surface area contributed by atoms with Gasteiger partial charge in [0.25, 0.3) is 5.91 Å². The van der Waals surface area contributed by atoms with Crippen molar-refractivity contribution in [2.45, 2.75) is 19.5 Å². The molecule has 0 aliphatic rings. The second-order valence-corrected chi connectivity index (χ2v) is 7.83. The molecule has 0 bridgehead atoms. The van der Waals surface area contributed by atoms with Gasteiger partial charge in [0.15, 0.2) is 28.8 Å². The summed E-state index contributed by atoms with van der Waals surface area (Å²) >= 11 is 0. The Balaban J connectivity index is 1.48. The summed E-state index contributed by atoms with van der Waals surface area (Å²) in [6.07, 6.45) is 1.25. The van der Waals surface area contributed by atoms with E-state index in [1.54, 1.807) is 19.1 Å². The van der Waals surface area contributed by atoms with Crippen molar-refractivity contribution in [3.05, 3.63) is 94.9 Å². The van der Waals surface area contributed by atoms with Crippen LogP contribution in [0, 0.1) is 23.0 Å². The third kappa shape index (κ3) is 5.56. The van der Waals surface area contributed by atoms with Crippen molar-refractivity contribution in [3.63, 3.8) is 0 Å². The van der Waals surface area contributed by atoms with E-state index in [1.807, 2.05) is 30.3 Å². The van der Waals surface area contributed by atoms with Crippen molar-refractivity contribution in [3.8, 4) is 17.3 Å². The monoisotopic (exact) mass is 486 g/mol. The number of carbonyl (C=O) groups is 1. The highest BCUT2D eigenvalue weighted by molar-refractivity contribution is 5.97. The van der Waals surface area contributed by atoms with Crippen LogP contribution in [0.1, 0.15) is 40.3 Å². The molecule has 9 nitrogen and oxygen atoms in total. The molecule has 4 aromatic rings. The van der Waals surface area contributed by atoms with Crippen LogP contribution < -0.4 is 16.4 Å². The summed E-state index contributed by atoms with van der Waals surface area (Å²) < 4.78 is 26.8. The molecule has 1 atom stereocenters. The van der Waals surface area contributed by atoms with Crippen LogP contribution in [0.3, 0.4) is 0 Å². The van der Waals surface area contributed by atoms with Gasteiger partial charge < -0.3 is 16.4 Å². The first-order chi connectivity index (χ1) is 17.3. The number of carbonyl (C=O) groups excluding carboxylic acids is 1. The molecule has 180 valence electrons. The lowest BCUT2D eigenvalue weighted by molar-refractivity contribution is 0.0935. The number of nitrogen functional groups attached to an aromatic ring is 1. The highest BCUT2D eigenvalue weighted by atomic mass is 19.2. The number of hydrogen-bond acceptors (Lipinski definition) is 8. The van der Waals surface area contributed by atoms with E-state index < -0.39 is 23.6 Å². The van der Waals surface area contributed by atoms with Gasteiger partial charge in [-0.05, 0) is 42.3 Å². The Labute approximate surface area is 205 Å². The second kappa shape index (κ2) is 10.5. The van der Waals surface area contributed by atoms with Crippen molar-refractivity contribution >= 4 is 17.5 Å². The van der Waals surface area contributed by atoms with Crippen LogP contribution in [0.25, 0.3) is 11.3 Å². The molecule has 1 amide bonds. The first kappa shape index (κ1) is 24.2. The summed E-state index contributed by atoms with van der Waals surface area (Å²) in [5, 5.41) is 22.8. The molecule has 0 saturated carbocycles. The lowest BCUT2D eigenvalue weighted by Gasteiger charge is -2.16. The number of nitrogens with zero attached hydrogens (tertiary/aromatic N) is 5. The number of rotatable bonds is 7. The van der Waals surface area contributed by atoms with Gasteiger partial charge >= 0.3 is 0 Å². The summed E-state index contributed by atoms with van der Waals surface area (Å²) in [5.41, 5.74) is 8.22. The first-order valence-electron chi connectivity index (χ1n) is 10.8. The molecule has 0 radical (unpaired) electrons. The fraction of sp³-hybridized carbons (Fsp3) is 0.120. The molecule has 0 unspecified atom stereocenters. The zero-order valence-electron chi connectivity index (χ0n) is 19.0. The fourth-order valence-corrected chi connectivity index (χ4v) is 3.34. The third-order valence-corrected chi connectivity index (χ3v) is 5.29. The zero-order valence-corrected chi connectivity index (χ0v) is 19.0. The SMILES string of the molecule is C[C@H](NC(=O)c1nc(C#N)cnc1NCc1ccc(-c2ccc(N)nn2)cc1)c1ccc(F)c(F)c1. The normalized spacial score (nSPS) is 11.4. The Morgan fingerprint density at radius 2 is 1.86 bits per heavy atom. The Morgan fingerprint density at radius 3 is 2.53 bits per heavy atom. The molecule has 4 N–H and O–H groups in total. The Kier molecular flexibility index (Phi) is 7.06. The maximum absolute atomic E-state index is 13.6. The number of hydrogen-bond donors (Lipinski definition) is 3. The average molecular weight is 486 g/mol. The highest BCUT2D eigenvalue weighted by Crippen LogP contribution is 2.20. The molecule has 36 heavy (non-hydrogen) atoms. The van der Waals surface area contributed by atoms with E-state index in [4.69, 9.17) is 5.73 Å². The van der Waals surface area contributed by atoms with E-state index in [9.17, 15) is 18.8 Å². The number of nitrogens with two attached hydrogens (primary N) is 1. The molecular formula is C25H20F2N8O. The van der Waals surface area contributed by atoms with E-state index in [-0.39, 0.29) is 17.2 Å². The molecule has 4 rings (SSSR count). The number of amides is 1. The molecule has 2 aromatic heterocycles. The van der Waals surface area contributed by atoms with Gasteiger partial charge in [0.2, 0.25) is 0 Å². The molecule has 2 heterocycles. The van der Waals surface area contributed by atoms with Gasteiger partial charge in [0, 0.05) is 12.1 Å². The van der Waals surface area contributed by atoms with Crippen molar-refractivity contribution in [1.29, 1.82) is 5.26 Å². The van der Waals surface area contributed by atoms with Gasteiger partial charge in [0.1, 0.15) is 11.9 Å². The summed E-state index contributed by atoms with van der Waals surface area (Å²) in [6.45, 7) is 1.93. The van der Waals surface area contributed by atoms with Gasteiger partial charge in [-0.2, -0.15) is 5.26 Å². The van der Waals surface area contributed by atoms with Crippen LogP contribution in [0.15, 0.2) is 60.8 Å². The van der Waals surface area contributed by atoms with Gasteiger partial charge in [-0.25, -0.2) is 18.7 Å². The second-order valence-electron chi connectivity index (χ2n) is 7.83. The van der Waals surface area contributed by atoms with Crippen molar-refractivity contribution in [1.82, 2.24) is 25.5 Å². The van der Waals surface area contributed by atoms with E-state index >= 15 is 0 Å². The van der Waals surface area contributed by atoms with Crippen molar-refractivity contribution in [2.24, 2.45) is 0 Å². The molecule has 0 fully saturated rings. The standard InChI is InChI=1S/C25H20F2N8O/c1-14(17-6-7-19(26)20(27)10-17)32-25(36)23-24(31-13-18(11-28)33-23)30-12-15-2-4-16(5-3-15)21-8-9-22(29)35-34-21/h2-10,13-14H,12H2,1H3,(H2,29,35)(H,30,31)(H,32,36)/t14-/m0/s1. The molecule has 11 heteroatoms. The molecule has 0 aliphatic heterocycles. The average Bonchev–Trinajstić information content (AvgIpc) is 2.89. The minimum absolute atomic E-state index is 0.0415. The Morgan fingerprint density at radius 1 is 1.08 bits per heavy atom. The van der Waals surface area contributed by atoms with Crippen LogP contribution in [0.4, 0.5) is 20.4 Å². The number of nitriles is 1. The van der Waals surface area contributed by atoms with Crippen LogP contribution in [0.5, 0.6) is 0 Å². The number of halogens is 2. The smallest absolute Gasteiger partial charge is 0.274 e. The minimum Gasteiger partial charge on any atom is -0.382 e. The zero-order chi connectivity index (χ0) is 25.7. The Bertz CT molecular complexity index is 1440. The van der Waals surface area contributed by atoms with Crippen LogP contribution in [0.2, 0.25) is 0 Å². The van der Waals surface area contributed by atoms with E-state index in [2.05, 4.69) is 30.8 Å². The lowest BCUT2D eigenvalue weighted by Crippen LogP contribution is -2.29. The molecule has 0 aliphatic carbocycles. The van der Waals surface area contributed by atoms with Gasteiger partial charge in [-0.15, -0.1) is 10.2 Å². The summed E-state index contributed by atoms with van der Waals surface area (Å²) in [5.74, 6) is -2.13. The summed E-state index contributed by atoms with van der Waals surface area (Å²) in [6, 6.07) is 15.5. The van der Waals surface area contributed by atoms with Crippen molar-refractivity contribution < 1.29 is 13.6 Å². The summed E-state index contributed by atoms with van der Waals surface area (Å²) in [4.78, 5) is 21.2. The first-order valence-corrected chi connectivity index (χ1v) is 10.8. The van der Waals surface area contributed by atoms with E-state index in [0.29, 0.717) is 23.6 Å². The Hall–Kier alpha value is -4.98. The van der Waals surface area contributed by atoms with Crippen LogP contribution >= 0.6 is 0 Å². The van der Waals surface area contributed by atoms with Crippen LogP contribution in [-0.4, -0.2) is 26.1 Å². The minimum atomic E-state index is -1.02. The predicted molar refractivity (Wildman–Crippen MR) is 128 cm³/mol. The van der Waals surface area contributed by atoms with E-state index in [0.717, 1.165) is 23.3 Å². The summed E-state index contributed by atoms with van der Waals surface area (Å²) in [7, 11) is 0. The quantitative estimate of drug-likeness (QED) is 0.358. The molecular weight excluding hydrogens is 466 g/mol. The predicted octanol–water partition coefficient (Wildman–Crippen LogP) is 3.77. The number of anilines is 2. The number of aromatic nitrogens is 4. The fourth-order valence-electron chi connectivity index (χ4n) is 3.34. The van der Waals surface area contributed by atoms with Gasteiger partial charge in [-0.1, -0.05) is 30.3 Å². The number of benzene rings is 2. The third-order valence-electron chi connectivity index (χ3n) is 5.29. The van der Waals surface area contributed by atoms with E-state index in [1.165, 1.54) is 12.3 Å². The maximum atomic E-state index is 13.6. The van der Waals surface area contributed by atoms with Crippen LogP contribution in [-0.2, 0) is 6.54 Å². The molecule has 0 saturated heterocycles. The molecule has 0 spiro atoms. The molecule has 2 aromatic carbocycles. The lowest BCUT2D eigenvalue weighted by atomic mass is 10.1. The van der Waals surface area contributed by atoms with Gasteiger partial charge in [0.05, 0.1) is 17.9 Å². The van der Waals surface area contributed by atoms with Crippen molar-refractivity contribution in [2.75, 3.05) is 11.1 Å². The number of nitrogens with one attached hydrogen (secondary N) is 2. The highest BCUT2D eigenvalue weighted by Gasteiger charge is 2.19. The maximum Gasteiger partial charge on any atom is 0.274 e. The topological polar surface area (TPSA) is 142 Å². The largest absolute Gasteiger partial charge is 0.382 e. The van der Waals surface area contributed by atoms with Gasteiger partial charge in [-0.3, -0.25) is 4.79 Å².